The van der Waals surface area contributed by atoms with Gasteiger partial charge in [-0.25, -0.2) is 4.79 Å². The van der Waals surface area contributed by atoms with Gasteiger partial charge in [-0.2, -0.15) is 0 Å². The molecule has 206 valence electrons. The van der Waals surface area contributed by atoms with Crippen LogP contribution in [0, 0.1) is 0 Å². The van der Waals surface area contributed by atoms with Crippen molar-refractivity contribution in [3.63, 3.8) is 0 Å². The van der Waals surface area contributed by atoms with Gasteiger partial charge in [0.2, 0.25) is 5.91 Å². The van der Waals surface area contributed by atoms with Crippen molar-refractivity contribution in [2.24, 2.45) is 0 Å². The molecule has 4 aromatic rings. The number of hydrogen-bond donors (Lipinski definition) is 4. The van der Waals surface area contributed by atoms with Gasteiger partial charge < -0.3 is 20.5 Å². The van der Waals surface area contributed by atoms with Crippen molar-refractivity contribution >= 4 is 12.0 Å². The molecule has 0 aliphatic carbocycles. The maximum Gasteiger partial charge on any atom is 0.407 e. The van der Waals surface area contributed by atoms with Crippen LogP contribution in [0.4, 0.5) is 4.79 Å². The number of carbonyl (C=O) groups excluding carboxylic acids is 2. The van der Waals surface area contributed by atoms with Crippen molar-refractivity contribution in [2.45, 2.75) is 44.3 Å². The van der Waals surface area contributed by atoms with Gasteiger partial charge in [0.05, 0.1) is 12.1 Å². The second kappa shape index (κ2) is 15.2. The first-order valence-corrected chi connectivity index (χ1v) is 13.4. The smallest absolute Gasteiger partial charge is 0.407 e. The van der Waals surface area contributed by atoms with Crippen molar-refractivity contribution in [1.82, 2.24) is 16.0 Å². The van der Waals surface area contributed by atoms with Crippen molar-refractivity contribution in [1.29, 1.82) is 0 Å². The Bertz CT molecular complexity index is 1300. The van der Waals surface area contributed by atoms with E-state index in [0.29, 0.717) is 19.5 Å². The molecule has 2 amide bonds. The third-order valence-corrected chi connectivity index (χ3v) is 6.53. The molecule has 0 radical (unpaired) electrons. The highest BCUT2D eigenvalue weighted by Crippen LogP contribution is 2.12. The molecule has 3 atom stereocenters. The zero-order valence-electron chi connectivity index (χ0n) is 22.3. The summed E-state index contributed by atoms with van der Waals surface area (Å²) in [7, 11) is 0. The molecule has 0 saturated heterocycles. The average Bonchev–Trinajstić information content (AvgIpc) is 3.01. The van der Waals surface area contributed by atoms with Gasteiger partial charge in [0.25, 0.3) is 0 Å². The van der Waals surface area contributed by atoms with E-state index in [1.807, 2.05) is 121 Å². The molecule has 0 aliphatic rings. The summed E-state index contributed by atoms with van der Waals surface area (Å²) in [5.74, 6) is -0.371. The van der Waals surface area contributed by atoms with Crippen LogP contribution in [0.2, 0.25) is 0 Å². The van der Waals surface area contributed by atoms with Crippen LogP contribution in [0.3, 0.4) is 0 Å². The number of carbonyl (C=O) groups is 2. The maximum absolute atomic E-state index is 13.5. The Morgan fingerprint density at radius 2 is 1.12 bits per heavy atom. The highest BCUT2D eigenvalue weighted by molar-refractivity contribution is 5.82. The number of aliphatic hydroxyl groups is 1. The van der Waals surface area contributed by atoms with E-state index in [4.69, 9.17) is 4.74 Å². The van der Waals surface area contributed by atoms with Gasteiger partial charge >= 0.3 is 6.09 Å². The van der Waals surface area contributed by atoms with Gasteiger partial charge in [0, 0.05) is 13.1 Å². The summed E-state index contributed by atoms with van der Waals surface area (Å²) in [5, 5.41) is 20.6. The summed E-state index contributed by atoms with van der Waals surface area (Å²) in [6.07, 6.45) is -1.63. The molecule has 7 nitrogen and oxygen atoms in total. The minimum atomic E-state index is -1.26. The van der Waals surface area contributed by atoms with Crippen molar-refractivity contribution in [2.75, 3.05) is 0 Å². The van der Waals surface area contributed by atoms with Gasteiger partial charge in [-0.3, -0.25) is 10.1 Å². The van der Waals surface area contributed by atoms with Gasteiger partial charge in [-0.05, 0) is 28.7 Å². The Balaban J connectivity index is 1.50. The van der Waals surface area contributed by atoms with Crippen LogP contribution < -0.4 is 16.0 Å². The Labute approximate surface area is 235 Å². The molecule has 40 heavy (non-hydrogen) atoms. The third kappa shape index (κ3) is 9.08. The number of aliphatic hydroxyl groups excluding tert-OH is 1. The summed E-state index contributed by atoms with van der Waals surface area (Å²) >= 11 is 0. The molecule has 0 fully saturated rings. The lowest BCUT2D eigenvalue weighted by molar-refractivity contribution is -0.126. The number of rotatable bonds is 13. The Morgan fingerprint density at radius 3 is 1.68 bits per heavy atom. The first kappa shape index (κ1) is 28.5. The zero-order chi connectivity index (χ0) is 28.0. The van der Waals surface area contributed by atoms with Crippen LogP contribution in [-0.4, -0.2) is 35.3 Å². The standard InChI is InChI=1S/C33H35N3O4/c37-31(29(21-25-13-5-1-6-14-25)36-33(39)40-24-28-19-11-4-12-20-28)30(34-22-26-15-7-2-8-16-26)32(38)35-23-27-17-9-3-10-18-27/h1-20,29-31,34,37H,21-24H2,(H,35,38)(H,36,39). The van der Waals surface area contributed by atoms with Crippen LogP contribution in [0.25, 0.3) is 0 Å². The van der Waals surface area contributed by atoms with Gasteiger partial charge in [0.1, 0.15) is 12.6 Å². The van der Waals surface area contributed by atoms with E-state index in [9.17, 15) is 14.7 Å². The van der Waals surface area contributed by atoms with Crippen LogP contribution in [0.15, 0.2) is 121 Å². The van der Waals surface area contributed by atoms with E-state index in [1.54, 1.807) is 0 Å². The Kier molecular flexibility index (Phi) is 10.9. The lowest BCUT2D eigenvalue weighted by Crippen LogP contribution is -2.59. The highest BCUT2D eigenvalue weighted by Gasteiger charge is 2.34. The molecule has 0 spiro atoms. The molecule has 4 N–H and O–H groups in total. The molecule has 3 unspecified atom stereocenters. The van der Waals surface area contributed by atoms with Crippen LogP contribution in [0.5, 0.6) is 0 Å². The highest BCUT2D eigenvalue weighted by atomic mass is 16.5. The summed E-state index contributed by atoms with van der Waals surface area (Å²) in [6, 6.07) is 36.3. The van der Waals surface area contributed by atoms with E-state index in [1.165, 1.54) is 0 Å². The number of hydrogen-bond acceptors (Lipinski definition) is 5. The van der Waals surface area contributed by atoms with Crippen molar-refractivity contribution in [3.8, 4) is 0 Å². The maximum atomic E-state index is 13.5. The van der Waals surface area contributed by atoms with Gasteiger partial charge in [-0.15, -0.1) is 0 Å². The minimum Gasteiger partial charge on any atom is -0.445 e. The quantitative estimate of drug-likeness (QED) is 0.203. The molecular formula is C33H35N3O4. The number of alkyl carbamates (subject to hydrolysis) is 1. The number of ether oxygens (including phenoxy) is 1. The van der Waals surface area contributed by atoms with Gasteiger partial charge in [0.15, 0.2) is 0 Å². The Morgan fingerprint density at radius 1 is 0.650 bits per heavy atom. The molecule has 4 aromatic carbocycles. The van der Waals surface area contributed by atoms with E-state index >= 15 is 0 Å². The fraction of sp³-hybridized carbons (Fsp3) is 0.212. The topological polar surface area (TPSA) is 99.7 Å². The largest absolute Gasteiger partial charge is 0.445 e. The molecule has 7 heteroatoms. The summed E-state index contributed by atoms with van der Waals surface area (Å²) in [4.78, 5) is 26.3. The fourth-order valence-corrected chi connectivity index (χ4v) is 4.36. The van der Waals surface area contributed by atoms with Crippen LogP contribution in [0.1, 0.15) is 22.3 Å². The normalized spacial score (nSPS) is 13.0. The predicted molar refractivity (Wildman–Crippen MR) is 155 cm³/mol. The molecule has 0 aromatic heterocycles. The van der Waals surface area contributed by atoms with Gasteiger partial charge in [-0.1, -0.05) is 121 Å². The first-order valence-electron chi connectivity index (χ1n) is 13.4. The lowest BCUT2D eigenvalue weighted by Gasteiger charge is -2.30. The summed E-state index contributed by atoms with van der Waals surface area (Å²) < 4.78 is 5.44. The zero-order valence-corrected chi connectivity index (χ0v) is 22.3. The van der Waals surface area contributed by atoms with E-state index in [0.717, 1.165) is 22.3 Å². The Hall–Kier alpha value is -4.46. The number of benzene rings is 4. The lowest BCUT2D eigenvalue weighted by atomic mass is 9.95. The third-order valence-electron chi connectivity index (χ3n) is 6.53. The van der Waals surface area contributed by atoms with Crippen molar-refractivity contribution < 1.29 is 19.4 Å². The second-order valence-electron chi connectivity index (χ2n) is 9.54. The predicted octanol–water partition coefficient (Wildman–Crippen LogP) is 4.36. The van der Waals surface area contributed by atoms with Crippen LogP contribution >= 0.6 is 0 Å². The minimum absolute atomic E-state index is 0.0913. The monoisotopic (exact) mass is 537 g/mol. The average molecular weight is 538 g/mol. The van der Waals surface area contributed by atoms with Crippen molar-refractivity contribution in [3.05, 3.63) is 144 Å². The molecule has 4 rings (SSSR count). The first-order chi connectivity index (χ1) is 19.6. The molecule has 0 aliphatic heterocycles. The second-order valence-corrected chi connectivity index (χ2v) is 9.54. The molecule has 0 heterocycles. The molecular weight excluding hydrogens is 502 g/mol. The van der Waals surface area contributed by atoms with Crippen LogP contribution in [-0.2, 0) is 35.6 Å². The van der Waals surface area contributed by atoms with E-state index < -0.39 is 24.3 Å². The summed E-state index contributed by atoms with van der Waals surface area (Å²) in [5.41, 5.74) is 3.66. The molecule has 0 saturated carbocycles. The van der Waals surface area contributed by atoms with E-state index in [2.05, 4.69) is 16.0 Å². The number of nitrogens with one attached hydrogen (secondary N) is 3. The SMILES string of the molecule is O=C(NC(Cc1ccccc1)C(O)C(NCc1ccccc1)C(=O)NCc1ccccc1)OCc1ccccc1. The fourth-order valence-electron chi connectivity index (χ4n) is 4.36. The van der Waals surface area contributed by atoms with E-state index in [-0.39, 0.29) is 12.5 Å². The number of amides is 2. The summed E-state index contributed by atoms with van der Waals surface area (Å²) in [6.45, 7) is 0.762. The molecule has 0 bridgehead atoms.